The molecule has 1 saturated carbocycles. The third kappa shape index (κ3) is 7.53. The van der Waals surface area contributed by atoms with Crippen molar-refractivity contribution in [2.75, 3.05) is 76.9 Å². The Labute approximate surface area is 236 Å². The number of aryl methyl sites for hydroxylation is 1. The van der Waals surface area contributed by atoms with Crippen molar-refractivity contribution >= 4 is 33.8 Å². The van der Waals surface area contributed by atoms with Gasteiger partial charge < -0.3 is 19.6 Å². The fourth-order valence-electron chi connectivity index (χ4n) is 6.74. The second-order valence-corrected chi connectivity index (χ2v) is 12.6. The number of hydrogen-bond donors (Lipinski definition) is 0. The van der Waals surface area contributed by atoms with Crippen molar-refractivity contribution in [2.24, 2.45) is 5.92 Å². The summed E-state index contributed by atoms with van der Waals surface area (Å²) in [7, 11) is 0. The molecule has 3 fully saturated rings. The molecule has 5 nitrogen and oxygen atoms in total. The molecule has 0 unspecified atom stereocenters. The predicted octanol–water partition coefficient (Wildman–Crippen LogP) is 5.58. The van der Waals surface area contributed by atoms with E-state index in [-0.39, 0.29) is 0 Å². The van der Waals surface area contributed by atoms with Crippen LogP contribution in [0, 0.1) is 12.8 Å². The number of hydrogen-bond acceptors (Lipinski definition) is 6. The van der Waals surface area contributed by atoms with Crippen LogP contribution >= 0.6 is 12.2 Å². The average molecular weight is 536 g/mol. The van der Waals surface area contributed by atoms with Gasteiger partial charge in [-0.25, -0.2) is 4.98 Å². The summed E-state index contributed by atoms with van der Waals surface area (Å²) in [6, 6.07) is 9.06. The average Bonchev–Trinajstić information content (AvgIpc) is 2.95. The summed E-state index contributed by atoms with van der Waals surface area (Å²) < 4.78 is 0. The summed E-state index contributed by atoms with van der Waals surface area (Å²) in [6.07, 6.45) is 10.4. The number of aromatic nitrogens is 1. The van der Waals surface area contributed by atoms with Crippen LogP contribution < -0.4 is 4.90 Å². The molecule has 0 bridgehead atoms. The number of anilines is 1. The van der Waals surface area contributed by atoms with Crippen molar-refractivity contribution in [1.29, 1.82) is 0 Å². The van der Waals surface area contributed by atoms with Gasteiger partial charge in [0, 0.05) is 70.7 Å². The van der Waals surface area contributed by atoms with Crippen LogP contribution in [0.1, 0.15) is 63.0 Å². The Bertz CT molecular complexity index is 1050. The molecule has 0 amide bonds. The Balaban J connectivity index is 1.05. The molecule has 2 saturated heterocycles. The second-order valence-electron chi connectivity index (χ2n) is 12.0. The summed E-state index contributed by atoms with van der Waals surface area (Å²) in [4.78, 5) is 16.6. The molecule has 2 aromatic rings. The maximum Gasteiger partial charge on any atom is 0.129 e. The van der Waals surface area contributed by atoms with Crippen molar-refractivity contribution < 1.29 is 0 Å². The summed E-state index contributed by atoms with van der Waals surface area (Å²) >= 11 is 5.84. The molecule has 3 heterocycles. The van der Waals surface area contributed by atoms with Crippen LogP contribution in [0.4, 0.5) is 5.82 Å². The zero-order valence-corrected chi connectivity index (χ0v) is 24.8. The van der Waals surface area contributed by atoms with E-state index in [1.54, 1.807) is 0 Å². The normalized spacial score (nSPS) is 20.8. The highest BCUT2D eigenvalue weighted by molar-refractivity contribution is 7.80. The standard InChI is InChI=1S/C32H49N5S/c1-3-34-18-20-37(21-19-34)32-22-26(2)30-24-28(11-12-31(30)33-32)23-29(38)10-7-13-35-14-16-36(17-15-35)25-27-8-5-4-6-9-27/h11-12,22,24,27H,3-10,13-21,23,25H2,1-2H3. The van der Waals surface area contributed by atoms with Crippen LogP contribution in [-0.2, 0) is 6.42 Å². The van der Waals surface area contributed by atoms with E-state index in [1.165, 1.54) is 99.2 Å². The monoisotopic (exact) mass is 535 g/mol. The smallest absolute Gasteiger partial charge is 0.129 e. The van der Waals surface area contributed by atoms with E-state index in [9.17, 15) is 0 Å². The lowest BCUT2D eigenvalue weighted by molar-refractivity contribution is 0.109. The van der Waals surface area contributed by atoms with Gasteiger partial charge in [-0.2, -0.15) is 0 Å². The largest absolute Gasteiger partial charge is 0.354 e. The van der Waals surface area contributed by atoms with E-state index in [4.69, 9.17) is 17.2 Å². The molecular weight excluding hydrogens is 486 g/mol. The van der Waals surface area contributed by atoms with Gasteiger partial charge in [0.25, 0.3) is 0 Å². The number of fused-ring (bicyclic) bond motifs is 1. The van der Waals surface area contributed by atoms with E-state index in [1.807, 2.05) is 0 Å². The topological polar surface area (TPSA) is 25.9 Å². The van der Waals surface area contributed by atoms with E-state index < -0.39 is 0 Å². The van der Waals surface area contributed by atoms with E-state index >= 15 is 0 Å². The van der Waals surface area contributed by atoms with E-state index in [2.05, 4.69) is 57.7 Å². The summed E-state index contributed by atoms with van der Waals surface area (Å²) in [5.41, 5.74) is 3.75. The minimum Gasteiger partial charge on any atom is -0.354 e. The van der Waals surface area contributed by atoms with Crippen LogP contribution in [0.25, 0.3) is 10.9 Å². The number of benzene rings is 1. The second kappa shape index (κ2) is 13.6. The number of rotatable bonds is 10. The Kier molecular flexibility index (Phi) is 10.0. The SMILES string of the molecule is CCN1CCN(c2cc(C)c3cc(CC(=S)CCCN4CCN(CC5CCCCC5)CC4)ccc3n2)CC1. The Hall–Kier alpha value is -1.60. The number of pyridine rings is 1. The summed E-state index contributed by atoms with van der Waals surface area (Å²) in [6.45, 7) is 17.5. The molecule has 1 aromatic carbocycles. The molecule has 38 heavy (non-hydrogen) atoms. The minimum absolute atomic E-state index is 0.903. The molecule has 2 aliphatic heterocycles. The van der Waals surface area contributed by atoms with Gasteiger partial charge in [-0.15, -0.1) is 0 Å². The zero-order chi connectivity index (χ0) is 26.3. The Morgan fingerprint density at radius 2 is 1.61 bits per heavy atom. The van der Waals surface area contributed by atoms with Gasteiger partial charge in [0.05, 0.1) is 5.52 Å². The van der Waals surface area contributed by atoms with Gasteiger partial charge in [0.2, 0.25) is 0 Å². The Morgan fingerprint density at radius 3 is 2.34 bits per heavy atom. The number of nitrogens with zero attached hydrogens (tertiary/aromatic N) is 5. The first-order valence-electron chi connectivity index (χ1n) is 15.4. The lowest BCUT2D eigenvalue weighted by Crippen LogP contribution is -2.48. The molecule has 1 aromatic heterocycles. The summed E-state index contributed by atoms with van der Waals surface area (Å²) in [5.74, 6) is 2.09. The molecule has 0 N–H and O–H groups in total. The van der Waals surface area contributed by atoms with Crippen LogP contribution in [0.15, 0.2) is 24.3 Å². The molecular formula is C32H49N5S. The van der Waals surface area contributed by atoms with Gasteiger partial charge in [0.1, 0.15) is 5.82 Å². The maximum atomic E-state index is 5.84. The number of piperazine rings is 2. The van der Waals surface area contributed by atoms with Crippen LogP contribution in [0.3, 0.4) is 0 Å². The molecule has 3 aliphatic rings. The van der Waals surface area contributed by atoms with Crippen molar-refractivity contribution in [3.8, 4) is 0 Å². The fourth-order valence-corrected chi connectivity index (χ4v) is 7.05. The first kappa shape index (κ1) is 27.9. The fraction of sp³-hybridized carbons (Fsp3) is 0.688. The molecule has 5 rings (SSSR count). The first-order valence-corrected chi connectivity index (χ1v) is 15.8. The van der Waals surface area contributed by atoms with Crippen molar-refractivity contribution in [2.45, 2.75) is 65.2 Å². The minimum atomic E-state index is 0.903. The first-order chi connectivity index (χ1) is 18.6. The molecule has 6 heteroatoms. The number of thiocarbonyl (C=S) groups is 1. The van der Waals surface area contributed by atoms with Gasteiger partial charge in [-0.3, -0.25) is 0 Å². The van der Waals surface area contributed by atoms with Crippen molar-refractivity contribution in [3.05, 3.63) is 35.4 Å². The molecule has 0 atom stereocenters. The zero-order valence-electron chi connectivity index (χ0n) is 24.0. The third-order valence-electron chi connectivity index (χ3n) is 9.25. The molecule has 0 spiro atoms. The van der Waals surface area contributed by atoms with Gasteiger partial charge in [0.15, 0.2) is 0 Å². The summed E-state index contributed by atoms with van der Waals surface area (Å²) in [5, 5.41) is 1.27. The highest BCUT2D eigenvalue weighted by atomic mass is 32.1. The highest BCUT2D eigenvalue weighted by Gasteiger charge is 2.21. The van der Waals surface area contributed by atoms with Gasteiger partial charge in [-0.1, -0.05) is 44.5 Å². The van der Waals surface area contributed by atoms with Crippen LogP contribution in [-0.4, -0.2) is 96.5 Å². The highest BCUT2D eigenvalue weighted by Crippen LogP contribution is 2.26. The predicted molar refractivity (Wildman–Crippen MR) is 166 cm³/mol. The lowest BCUT2D eigenvalue weighted by atomic mass is 9.89. The van der Waals surface area contributed by atoms with E-state index in [0.717, 1.165) is 62.8 Å². The van der Waals surface area contributed by atoms with Crippen molar-refractivity contribution in [3.63, 3.8) is 0 Å². The number of likely N-dealkylation sites (N-methyl/N-ethyl adjacent to an activating group) is 1. The van der Waals surface area contributed by atoms with Crippen molar-refractivity contribution in [1.82, 2.24) is 19.7 Å². The van der Waals surface area contributed by atoms with Gasteiger partial charge in [-0.05, 0) is 85.8 Å². The molecule has 208 valence electrons. The lowest BCUT2D eigenvalue weighted by Gasteiger charge is -2.37. The third-order valence-corrected chi connectivity index (χ3v) is 9.60. The quantitative estimate of drug-likeness (QED) is 0.369. The Morgan fingerprint density at radius 1 is 0.895 bits per heavy atom. The van der Waals surface area contributed by atoms with E-state index in [0.29, 0.717) is 0 Å². The van der Waals surface area contributed by atoms with Crippen LogP contribution in [0.2, 0.25) is 0 Å². The maximum absolute atomic E-state index is 5.84. The molecule has 0 radical (unpaired) electrons. The molecule has 1 aliphatic carbocycles. The van der Waals surface area contributed by atoms with Gasteiger partial charge >= 0.3 is 0 Å². The van der Waals surface area contributed by atoms with Crippen LogP contribution in [0.5, 0.6) is 0 Å².